The zero-order valence-electron chi connectivity index (χ0n) is 22.3. The van der Waals surface area contributed by atoms with Crippen LogP contribution in [0.2, 0.25) is 0 Å². The van der Waals surface area contributed by atoms with E-state index in [0.29, 0.717) is 12.0 Å². The van der Waals surface area contributed by atoms with Crippen LogP contribution in [0.3, 0.4) is 0 Å². The molecule has 1 aromatic rings. The van der Waals surface area contributed by atoms with Crippen molar-refractivity contribution < 1.29 is 57.5 Å². The zero-order chi connectivity index (χ0) is 23.4. The predicted molar refractivity (Wildman–Crippen MR) is 128 cm³/mol. The molecule has 0 saturated heterocycles. The Labute approximate surface area is 232 Å². The fourth-order valence-electron chi connectivity index (χ4n) is 4.34. The number of carboxylic acid groups (broad SMARTS) is 2. The average molecular weight is 459 g/mol. The van der Waals surface area contributed by atoms with Gasteiger partial charge in [0, 0.05) is 5.56 Å². The molecule has 0 bridgehead atoms. The molecule has 0 radical (unpaired) electrons. The van der Waals surface area contributed by atoms with Crippen LogP contribution in [0.25, 0.3) is 0 Å². The van der Waals surface area contributed by atoms with Crippen LogP contribution in [-0.4, -0.2) is 11.9 Å². The van der Waals surface area contributed by atoms with Crippen molar-refractivity contribution in [2.24, 2.45) is 0 Å². The van der Waals surface area contributed by atoms with Gasteiger partial charge < -0.3 is 19.8 Å². The van der Waals surface area contributed by atoms with E-state index in [2.05, 4.69) is 6.92 Å². The molecule has 1 rings (SSSR count). The molecule has 0 aliphatic rings. The number of carbonyl (C=O) groups excluding carboxylic acids is 2. The molecule has 0 atom stereocenters. The van der Waals surface area contributed by atoms with Crippen molar-refractivity contribution >= 4 is 11.9 Å². The summed E-state index contributed by atoms with van der Waals surface area (Å²) >= 11 is 0. The van der Waals surface area contributed by atoms with E-state index in [1.165, 1.54) is 115 Å². The molecule has 1 aromatic carbocycles. The smallest absolute Gasteiger partial charge is 0.545 e. The fourth-order valence-corrected chi connectivity index (χ4v) is 4.34. The summed E-state index contributed by atoms with van der Waals surface area (Å²) in [5.74, 6) is -2.54. The minimum absolute atomic E-state index is 0. The van der Waals surface area contributed by atoms with Crippen LogP contribution in [0.5, 0.6) is 0 Å². The zero-order valence-corrected chi connectivity index (χ0v) is 22.3. The number of hydrogen-bond donors (Lipinski definition) is 0. The second-order valence-electron chi connectivity index (χ2n) is 9.21. The van der Waals surface area contributed by atoms with Crippen molar-refractivity contribution in [3.8, 4) is 0 Å². The number of carbonyl (C=O) groups is 2. The Morgan fingerprint density at radius 1 is 0.588 bits per heavy atom. The van der Waals surface area contributed by atoms with Gasteiger partial charge in [0.1, 0.15) is 0 Å². The molecule has 0 N–H and O–H groups in total. The van der Waals surface area contributed by atoms with E-state index < -0.39 is 11.9 Å². The van der Waals surface area contributed by atoms with Crippen molar-refractivity contribution in [1.82, 2.24) is 0 Å². The molecule has 182 valence electrons. The molecule has 0 heterocycles. The Morgan fingerprint density at radius 3 is 1.32 bits per heavy atom. The predicted octanol–water partition coefficient (Wildman–Crippen LogP) is 0.00580. The Balaban J connectivity index is 0. The molecule has 0 aliphatic heterocycles. The third kappa shape index (κ3) is 17.7. The monoisotopic (exact) mass is 458 g/mol. The number of aryl methyl sites for hydroxylation is 1. The van der Waals surface area contributed by atoms with Gasteiger partial charge in [0.25, 0.3) is 0 Å². The number of hydrogen-bond acceptors (Lipinski definition) is 4. The first-order chi connectivity index (χ1) is 15.6. The number of rotatable bonds is 21. The molecule has 0 aliphatic carbocycles. The molecule has 0 saturated carbocycles. The maximum absolute atomic E-state index is 11.2. The maximum atomic E-state index is 11.2. The topological polar surface area (TPSA) is 80.3 Å². The maximum Gasteiger partial charge on any atom is 1.00 e. The largest absolute Gasteiger partial charge is 1.00 e. The van der Waals surface area contributed by atoms with Crippen molar-refractivity contribution in [2.45, 2.75) is 129 Å². The fraction of sp³-hybridized carbons (Fsp3) is 0.714. The van der Waals surface area contributed by atoms with Gasteiger partial charge in [0.05, 0.1) is 11.9 Å². The first-order valence-electron chi connectivity index (χ1n) is 13.1. The van der Waals surface area contributed by atoms with Gasteiger partial charge in [-0.3, -0.25) is 0 Å². The molecule has 0 aromatic heterocycles. The van der Waals surface area contributed by atoms with E-state index in [1.807, 2.05) is 0 Å². The third-order valence-corrected chi connectivity index (χ3v) is 6.36. The van der Waals surface area contributed by atoms with Crippen molar-refractivity contribution in [3.63, 3.8) is 0 Å². The molecule has 0 amide bonds. The van der Waals surface area contributed by atoms with E-state index in [9.17, 15) is 19.8 Å². The van der Waals surface area contributed by atoms with Gasteiger partial charge in [-0.15, -0.1) is 0 Å². The number of benzene rings is 1. The molecule has 6 heteroatoms. The van der Waals surface area contributed by atoms with E-state index >= 15 is 0 Å². The molecule has 34 heavy (non-hydrogen) atoms. The van der Waals surface area contributed by atoms with Crippen LogP contribution >= 0.6 is 0 Å². The van der Waals surface area contributed by atoms with Crippen LogP contribution in [0, 0.1) is 0 Å². The average Bonchev–Trinajstić information content (AvgIpc) is 2.78. The molecular formula is C28H44Li2O4. The van der Waals surface area contributed by atoms with Crippen LogP contribution in [0.4, 0.5) is 0 Å². The summed E-state index contributed by atoms with van der Waals surface area (Å²) in [6.07, 6.45) is 24.0. The Morgan fingerprint density at radius 2 is 0.971 bits per heavy atom. The van der Waals surface area contributed by atoms with E-state index in [4.69, 9.17) is 0 Å². The van der Waals surface area contributed by atoms with Gasteiger partial charge in [-0.05, 0) is 30.0 Å². The normalized spacial score (nSPS) is 10.4. The van der Waals surface area contributed by atoms with E-state index in [-0.39, 0.29) is 48.8 Å². The summed E-state index contributed by atoms with van der Waals surface area (Å²) in [7, 11) is 0. The molecular weight excluding hydrogens is 414 g/mol. The van der Waals surface area contributed by atoms with E-state index in [0.717, 1.165) is 19.3 Å². The third-order valence-electron chi connectivity index (χ3n) is 6.36. The van der Waals surface area contributed by atoms with Crippen LogP contribution in [0.1, 0.15) is 149 Å². The summed E-state index contributed by atoms with van der Waals surface area (Å²) in [5, 5.41) is 22.2. The van der Waals surface area contributed by atoms with Crippen molar-refractivity contribution in [2.75, 3.05) is 0 Å². The van der Waals surface area contributed by atoms with E-state index in [1.54, 1.807) is 0 Å². The first kappa shape index (κ1) is 35.5. The first-order valence-corrected chi connectivity index (χ1v) is 13.1. The van der Waals surface area contributed by atoms with Gasteiger partial charge in [0.15, 0.2) is 0 Å². The summed E-state index contributed by atoms with van der Waals surface area (Å²) in [5.41, 5.74) is 0.637. The summed E-state index contributed by atoms with van der Waals surface area (Å²) < 4.78 is 0. The molecule has 4 nitrogen and oxygen atoms in total. The van der Waals surface area contributed by atoms with Gasteiger partial charge in [-0.25, -0.2) is 0 Å². The second kappa shape index (κ2) is 24.1. The Hall–Kier alpha value is -0.645. The summed E-state index contributed by atoms with van der Waals surface area (Å²) in [6.45, 7) is 2.27. The molecule has 0 spiro atoms. The summed E-state index contributed by atoms with van der Waals surface area (Å²) in [6, 6.07) is 3.98. The Kier molecular flexibility index (Phi) is 25.1. The van der Waals surface area contributed by atoms with Gasteiger partial charge in [-0.1, -0.05) is 128 Å². The number of carboxylic acids is 2. The van der Waals surface area contributed by atoms with Crippen LogP contribution in [-0.2, 0) is 6.42 Å². The van der Waals surface area contributed by atoms with Gasteiger partial charge >= 0.3 is 37.7 Å². The van der Waals surface area contributed by atoms with Crippen LogP contribution < -0.4 is 47.9 Å². The molecule has 0 fully saturated rings. The SMILES string of the molecule is CCCCCCCCCCCCCCCCCCCCc1cc(C(=O)[O-])ccc1C(=O)[O-].[Li+].[Li+]. The standard InChI is InChI=1S/C28H46O4.2Li/c1-2-3-4-5-6-7-8-9-10-11-12-13-14-15-16-17-18-19-20-24-23-25(27(29)30)21-22-26(24)28(31)32;;/h21-23H,2-20H2,1H3,(H,29,30)(H,31,32);;/q;2*+1/p-2. The minimum atomic E-state index is -1.28. The quantitative estimate of drug-likeness (QED) is 0.192. The Bertz CT molecular complexity index is 649. The minimum Gasteiger partial charge on any atom is -0.545 e. The number of aromatic carboxylic acids is 2. The van der Waals surface area contributed by atoms with Gasteiger partial charge in [0.2, 0.25) is 0 Å². The number of unbranched alkanes of at least 4 members (excludes halogenated alkanes) is 17. The second-order valence-corrected chi connectivity index (χ2v) is 9.21. The van der Waals surface area contributed by atoms with Crippen molar-refractivity contribution in [1.29, 1.82) is 0 Å². The summed E-state index contributed by atoms with van der Waals surface area (Å²) in [4.78, 5) is 22.2. The van der Waals surface area contributed by atoms with Crippen molar-refractivity contribution in [3.05, 3.63) is 34.9 Å². The van der Waals surface area contributed by atoms with Gasteiger partial charge in [-0.2, -0.15) is 0 Å². The molecule has 0 unspecified atom stereocenters. The van der Waals surface area contributed by atoms with Crippen LogP contribution in [0.15, 0.2) is 18.2 Å².